The summed E-state index contributed by atoms with van der Waals surface area (Å²) in [5.41, 5.74) is 3.49. The van der Waals surface area contributed by atoms with E-state index in [-0.39, 0.29) is 12.1 Å². The average molecular weight is 406 g/mol. The summed E-state index contributed by atoms with van der Waals surface area (Å²) in [6.45, 7) is 5.41. The van der Waals surface area contributed by atoms with Crippen molar-refractivity contribution in [2.75, 3.05) is 33.2 Å². The molecule has 1 saturated heterocycles. The first kappa shape index (κ1) is 20.1. The molecule has 2 aromatic carbocycles. The lowest BCUT2D eigenvalue weighted by Crippen LogP contribution is -2.43. The Labute approximate surface area is 174 Å². The summed E-state index contributed by atoms with van der Waals surface area (Å²) in [6.07, 6.45) is -1.09. The van der Waals surface area contributed by atoms with Crippen LogP contribution < -0.4 is 10.9 Å². The van der Waals surface area contributed by atoms with Crippen molar-refractivity contribution in [2.45, 2.75) is 13.1 Å². The van der Waals surface area contributed by atoms with Gasteiger partial charge in [-0.25, -0.2) is 4.79 Å². The van der Waals surface area contributed by atoms with Gasteiger partial charge in [-0.3, -0.25) is 9.69 Å². The van der Waals surface area contributed by atoms with Gasteiger partial charge < -0.3 is 20.3 Å². The fraction of sp³-hybridized carbons (Fsp3) is 0.304. The molecule has 0 saturated carbocycles. The lowest BCUT2D eigenvalue weighted by molar-refractivity contribution is 0.148. The van der Waals surface area contributed by atoms with Gasteiger partial charge in [0.25, 0.3) is 5.56 Å². The van der Waals surface area contributed by atoms with Crippen LogP contribution in [0.25, 0.3) is 22.0 Å². The molecule has 1 aliphatic heterocycles. The van der Waals surface area contributed by atoms with Crippen LogP contribution in [-0.2, 0) is 13.1 Å². The Morgan fingerprint density at radius 3 is 2.50 bits per heavy atom. The van der Waals surface area contributed by atoms with E-state index in [4.69, 9.17) is 5.11 Å². The van der Waals surface area contributed by atoms with Gasteiger partial charge in [0.2, 0.25) is 0 Å². The number of hydrogen-bond acceptors (Lipinski definition) is 4. The molecule has 1 fully saturated rings. The van der Waals surface area contributed by atoms with Crippen molar-refractivity contribution in [1.29, 1.82) is 0 Å². The maximum absolute atomic E-state index is 12.6. The molecule has 30 heavy (non-hydrogen) atoms. The van der Waals surface area contributed by atoms with Gasteiger partial charge in [-0.15, -0.1) is 0 Å². The number of benzene rings is 2. The summed E-state index contributed by atoms with van der Waals surface area (Å²) in [5.74, 6) is 0. The standard InChI is InChI=1S/C23H26N4O3/c1-26-9-11-27(12-10-26)15-16-5-7-17(8-6-16)21-13-20-18(14-24-23(29)30)3-2-4-19(20)22(28)25-21/h2-8,13,24H,9-12,14-15H2,1H3,(H,25,28)(H,29,30). The van der Waals surface area contributed by atoms with Gasteiger partial charge in [-0.05, 0) is 41.3 Å². The number of rotatable bonds is 5. The molecule has 1 aromatic heterocycles. The molecule has 3 aromatic rings. The van der Waals surface area contributed by atoms with Crippen LogP contribution in [0.1, 0.15) is 11.1 Å². The first-order chi connectivity index (χ1) is 14.5. The Morgan fingerprint density at radius 2 is 1.80 bits per heavy atom. The molecule has 1 aliphatic rings. The number of piperazine rings is 1. The second-order valence-corrected chi connectivity index (χ2v) is 7.83. The molecule has 2 heterocycles. The first-order valence-corrected chi connectivity index (χ1v) is 10.1. The zero-order valence-corrected chi connectivity index (χ0v) is 17.0. The Hall–Kier alpha value is -3.16. The van der Waals surface area contributed by atoms with E-state index in [1.807, 2.05) is 24.3 Å². The van der Waals surface area contributed by atoms with Crippen LogP contribution in [0.3, 0.4) is 0 Å². The number of pyridine rings is 1. The zero-order chi connectivity index (χ0) is 21.1. The molecule has 156 valence electrons. The molecular formula is C23H26N4O3. The molecular weight excluding hydrogens is 380 g/mol. The normalized spacial score (nSPS) is 15.4. The van der Waals surface area contributed by atoms with Crippen molar-refractivity contribution in [3.8, 4) is 11.3 Å². The van der Waals surface area contributed by atoms with E-state index in [2.05, 4.69) is 39.3 Å². The number of hydrogen-bond donors (Lipinski definition) is 3. The molecule has 3 N–H and O–H groups in total. The molecule has 0 atom stereocenters. The average Bonchev–Trinajstić information content (AvgIpc) is 2.74. The Balaban J connectivity index is 1.58. The molecule has 0 spiro atoms. The molecule has 7 heteroatoms. The Morgan fingerprint density at radius 1 is 1.07 bits per heavy atom. The highest BCUT2D eigenvalue weighted by molar-refractivity contribution is 5.88. The molecule has 0 aliphatic carbocycles. The van der Waals surface area contributed by atoms with E-state index >= 15 is 0 Å². The van der Waals surface area contributed by atoms with Crippen LogP contribution in [0.4, 0.5) is 4.79 Å². The quantitative estimate of drug-likeness (QED) is 0.606. The highest BCUT2D eigenvalue weighted by Gasteiger charge is 2.14. The Bertz CT molecular complexity index is 1100. The third kappa shape index (κ3) is 4.53. The molecule has 4 rings (SSSR count). The molecule has 0 unspecified atom stereocenters. The number of carbonyl (C=O) groups is 1. The van der Waals surface area contributed by atoms with Crippen LogP contribution in [0.5, 0.6) is 0 Å². The predicted molar refractivity (Wildman–Crippen MR) is 118 cm³/mol. The fourth-order valence-electron chi connectivity index (χ4n) is 3.89. The monoisotopic (exact) mass is 406 g/mol. The van der Waals surface area contributed by atoms with Gasteiger partial charge in [0.1, 0.15) is 0 Å². The zero-order valence-electron chi connectivity index (χ0n) is 17.0. The van der Waals surface area contributed by atoms with E-state index < -0.39 is 6.09 Å². The van der Waals surface area contributed by atoms with E-state index in [1.54, 1.807) is 12.1 Å². The number of amides is 1. The van der Waals surface area contributed by atoms with E-state index in [0.717, 1.165) is 54.9 Å². The molecule has 0 radical (unpaired) electrons. The maximum atomic E-state index is 12.6. The van der Waals surface area contributed by atoms with Crippen molar-refractivity contribution in [2.24, 2.45) is 0 Å². The second-order valence-electron chi connectivity index (χ2n) is 7.83. The highest BCUT2D eigenvalue weighted by Crippen LogP contribution is 2.23. The van der Waals surface area contributed by atoms with Crippen molar-refractivity contribution in [1.82, 2.24) is 20.1 Å². The summed E-state index contributed by atoms with van der Waals surface area (Å²) < 4.78 is 0. The second kappa shape index (κ2) is 8.69. The van der Waals surface area contributed by atoms with Gasteiger partial charge in [-0.2, -0.15) is 0 Å². The summed E-state index contributed by atoms with van der Waals surface area (Å²) in [4.78, 5) is 31.2. The summed E-state index contributed by atoms with van der Waals surface area (Å²) in [5, 5.41) is 12.6. The van der Waals surface area contributed by atoms with Gasteiger partial charge in [0, 0.05) is 50.3 Å². The van der Waals surface area contributed by atoms with Gasteiger partial charge >= 0.3 is 6.09 Å². The first-order valence-electron chi connectivity index (χ1n) is 10.1. The lowest BCUT2D eigenvalue weighted by Gasteiger charge is -2.32. The van der Waals surface area contributed by atoms with E-state index in [9.17, 15) is 9.59 Å². The van der Waals surface area contributed by atoms with Crippen LogP contribution in [0.2, 0.25) is 0 Å². The number of H-pyrrole nitrogens is 1. The summed E-state index contributed by atoms with van der Waals surface area (Å²) in [7, 11) is 2.15. The summed E-state index contributed by atoms with van der Waals surface area (Å²) in [6, 6.07) is 15.5. The third-order valence-electron chi connectivity index (χ3n) is 5.68. The number of nitrogens with zero attached hydrogens (tertiary/aromatic N) is 2. The number of aromatic amines is 1. The van der Waals surface area contributed by atoms with E-state index in [1.165, 1.54) is 5.56 Å². The van der Waals surface area contributed by atoms with Crippen molar-refractivity contribution >= 4 is 16.9 Å². The summed E-state index contributed by atoms with van der Waals surface area (Å²) >= 11 is 0. The fourth-order valence-corrected chi connectivity index (χ4v) is 3.89. The predicted octanol–water partition coefficient (Wildman–Crippen LogP) is 2.71. The SMILES string of the molecule is CN1CCN(Cc2ccc(-c3cc4c(CNC(=O)O)cccc4c(=O)[nH]3)cc2)CC1. The van der Waals surface area contributed by atoms with Crippen molar-refractivity contribution in [3.63, 3.8) is 0 Å². The highest BCUT2D eigenvalue weighted by atomic mass is 16.4. The van der Waals surface area contributed by atoms with Crippen LogP contribution in [0.15, 0.2) is 53.3 Å². The van der Waals surface area contributed by atoms with Crippen LogP contribution >= 0.6 is 0 Å². The largest absolute Gasteiger partial charge is 0.465 e. The molecule has 7 nitrogen and oxygen atoms in total. The number of likely N-dealkylation sites (N-methyl/N-ethyl adjacent to an activating group) is 1. The lowest BCUT2D eigenvalue weighted by atomic mass is 10.0. The minimum atomic E-state index is -1.09. The van der Waals surface area contributed by atoms with Gasteiger partial charge in [-0.1, -0.05) is 36.4 Å². The van der Waals surface area contributed by atoms with Crippen LogP contribution in [0, 0.1) is 0 Å². The maximum Gasteiger partial charge on any atom is 0.404 e. The molecule has 0 bridgehead atoms. The van der Waals surface area contributed by atoms with Crippen molar-refractivity contribution in [3.05, 3.63) is 70.0 Å². The third-order valence-corrected chi connectivity index (χ3v) is 5.68. The number of aromatic nitrogens is 1. The smallest absolute Gasteiger partial charge is 0.404 e. The Kier molecular flexibility index (Phi) is 5.83. The van der Waals surface area contributed by atoms with Crippen molar-refractivity contribution < 1.29 is 9.90 Å². The number of fused-ring (bicyclic) bond motifs is 1. The number of nitrogens with one attached hydrogen (secondary N) is 2. The van der Waals surface area contributed by atoms with Gasteiger partial charge in [0.15, 0.2) is 0 Å². The topological polar surface area (TPSA) is 88.7 Å². The number of carboxylic acid groups (broad SMARTS) is 1. The van der Waals surface area contributed by atoms with Crippen LogP contribution in [-0.4, -0.2) is 59.2 Å². The van der Waals surface area contributed by atoms with Gasteiger partial charge in [0.05, 0.1) is 0 Å². The van der Waals surface area contributed by atoms with E-state index in [0.29, 0.717) is 5.39 Å². The minimum Gasteiger partial charge on any atom is -0.465 e. The minimum absolute atomic E-state index is 0.152. The molecule has 1 amide bonds.